The van der Waals surface area contributed by atoms with Crippen molar-refractivity contribution in [1.29, 1.82) is 0 Å². The van der Waals surface area contributed by atoms with E-state index in [9.17, 15) is 5.11 Å². The summed E-state index contributed by atoms with van der Waals surface area (Å²) in [4.78, 5) is 8.47. The van der Waals surface area contributed by atoms with Crippen molar-refractivity contribution in [3.8, 4) is 5.95 Å². The van der Waals surface area contributed by atoms with Gasteiger partial charge in [-0.2, -0.15) is 0 Å². The largest absolute Gasteiger partial charge is 0.390 e. The molecule has 0 unspecified atom stereocenters. The van der Waals surface area contributed by atoms with E-state index in [-0.39, 0.29) is 6.61 Å². The van der Waals surface area contributed by atoms with Crippen LogP contribution < -0.4 is 0 Å². The Morgan fingerprint density at radius 1 is 1.17 bits per heavy atom. The molecule has 3 rings (SSSR count). The van der Waals surface area contributed by atoms with Crippen molar-refractivity contribution in [1.82, 2.24) is 14.5 Å². The van der Waals surface area contributed by atoms with Gasteiger partial charge in [-0.1, -0.05) is 22.0 Å². The highest BCUT2D eigenvalue weighted by molar-refractivity contribution is 9.10. The average molecular weight is 304 g/mol. The lowest BCUT2D eigenvalue weighted by Gasteiger charge is -2.06. The van der Waals surface area contributed by atoms with E-state index >= 15 is 0 Å². The van der Waals surface area contributed by atoms with Crippen LogP contribution in [0.2, 0.25) is 0 Å². The van der Waals surface area contributed by atoms with Crippen LogP contribution in [-0.4, -0.2) is 19.6 Å². The van der Waals surface area contributed by atoms with Crippen LogP contribution in [0.5, 0.6) is 0 Å². The van der Waals surface area contributed by atoms with Gasteiger partial charge in [0.2, 0.25) is 5.95 Å². The van der Waals surface area contributed by atoms with Crippen LogP contribution in [0.15, 0.2) is 47.2 Å². The number of benzene rings is 1. The highest BCUT2D eigenvalue weighted by Crippen LogP contribution is 2.28. The molecule has 0 atom stereocenters. The Morgan fingerprint density at radius 2 is 1.94 bits per heavy atom. The number of fused-ring (bicyclic) bond motifs is 1. The van der Waals surface area contributed by atoms with E-state index in [4.69, 9.17) is 0 Å². The van der Waals surface area contributed by atoms with Gasteiger partial charge in [-0.3, -0.25) is 4.57 Å². The highest BCUT2D eigenvalue weighted by atomic mass is 79.9. The van der Waals surface area contributed by atoms with E-state index in [2.05, 4.69) is 25.9 Å². The molecular formula is C13H10BrN3O. The van der Waals surface area contributed by atoms with Crippen molar-refractivity contribution < 1.29 is 5.11 Å². The second-order valence-corrected chi connectivity index (χ2v) is 4.70. The molecule has 2 heterocycles. The van der Waals surface area contributed by atoms with E-state index in [1.807, 2.05) is 28.8 Å². The quantitative estimate of drug-likeness (QED) is 0.792. The van der Waals surface area contributed by atoms with Gasteiger partial charge in [-0.15, -0.1) is 0 Å². The fourth-order valence-corrected chi connectivity index (χ4v) is 2.48. The molecular weight excluding hydrogens is 294 g/mol. The standard InChI is InChI=1S/C13H10BrN3O/c14-11-3-1-4-12-10(11)7-9(8-18)17(12)13-15-5-2-6-16-13/h1-7,18H,8H2. The van der Waals surface area contributed by atoms with Gasteiger partial charge in [0.25, 0.3) is 0 Å². The molecule has 3 aromatic rings. The average Bonchev–Trinajstić information content (AvgIpc) is 2.80. The molecule has 0 radical (unpaired) electrons. The number of aromatic nitrogens is 3. The summed E-state index contributed by atoms with van der Waals surface area (Å²) in [7, 11) is 0. The molecule has 4 nitrogen and oxygen atoms in total. The van der Waals surface area contributed by atoms with Gasteiger partial charge in [0.15, 0.2) is 0 Å². The fraction of sp³-hybridized carbons (Fsp3) is 0.0769. The summed E-state index contributed by atoms with van der Waals surface area (Å²) < 4.78 is 2.85. The molecule has 2 aromatic heterocycles. The molecule has 90 valence electrons. The summed E-state index contributed by atoms with van der Waals surface area (Å²) in [6.07, 6.45) is 3.38. The number of nitrogens with zero attached hydrogens (tertiary/aromatic N) is 3. The van der Waals surface area contributed by atoms with Crippen molar-refractivity contribution in [3.63, 3.8) is 0 Å². The van der Waals surface area contributed by atoms with Gasteiger partial charge >= 0.3 is 0 Å². The van der Waals surface area contributed by atoms with Crippen LogP contribution in [0.3, 0.4) is 0 Å². The minimum absolute atomic E-state index is 0.0562. The Bertz CT molecular complexity index is 694. The van der Waals surface area contributed by atoms with Crippen molar-refractivity contribution in [3.05, 3.63) is 52.9 Å². The van der Waals surface area contributed by atoms with Gasteiger partial charge in [-0.05, 0) is 24.3 Å². The zero-order valence-corrected chi connectivity index (χ0v) is 11.0. The van der Waals surface area contributed by atoms with Gasteiger partial charge in [0, 0.05) is 22.3 Å². The van der Waals surface area contributed by atoms with Crippen LogP contribution in [0.4, 0.5) is 0 Å². The molecule has 0 saturated heterocycles. The predicted octanol–water partition coefficient (Wildman–Crippen LogP) is 2.68. The Hall–Kier alpha value is -1.72. The predicted molar refractivity (Wildman–Crippen MR) is 72.5 cm³/mol. The van der Waals surface area contributed by atoms with E-state index < -0.39 is 0 Å². The topological polar surface area (TPSA) is 50.9 Å². The smallest absolute Gasteiger partial charge is 0.234 e. The minimum Gasteiger partial charge on any atom is -0.390 e. The summed E-state index contributed by atoms with van der Waals surface area (Å²) in [6.45, 7) is -0.0562. The van der Waals surface area contributed by atoms with Gasteiger partial charge < -0.3 is 5.11 Å². The molecule has 0 aliphatic rings. The first-order chi connectivity index (χ1) is 8.81. The van der Waals surface area contributed by atoms with Crippen LogP contribution in [-0.2, 0) is 6.61 Å². The summed E-state index contributed by atoms with van der Waals surface area (Å²) in [5, 5.41) is 10.5. The first-order valence-corrected chi connectivity index (χ1v) is 6.27. The highest BCUT2D eigenvalue weighted by Gasteiger charge is 2.12. The summed E-state index contributed by atoms with van der Waals surface area (Å²) >= 11 is 3.51. The molecule has 5 heteroatoms. The van der Waals surface area contributed by atoms with Gasteiger partial charge in [0.1, 0.15) is 0 Å². The maximum Gasteiger partial charge on any atom is 0.234 e. The van der Waals surface area contributed by atoms with Crippen molar-refractivity contribution in [2.75, 3.05) is 0 Å². The molecule has 1 aromatic carbocycles. The van der Waals surface area contributed by atoms with E-state index in [1.165, 1.54) is 0 Å². The van der Waals surface area contributed by atoms with Crippen molar-refractivity contribution >= 4 is 26.8 Å². The summed E-state index contributed by atoms with van der Waals surface area (Å²) in [5.41, 5.74) is 1.74. The first kappa shape index (κ1) is 11.4. The summed E-state index contributed by atoms with van der Waals surface area (Å²) in [5.74, 6) is 0.564. The lowest BCUT2D eigenvalue weighted by molar-refractivity contribution is 0.275. The Kier molecular flexibility index (Phi) is 2.85. The lowest BCUT2D eigenvalue weighted by Crippen LogP contribution is -2.04. The maximum absolute atomic E-state index is 9.48. The third-order valence-corrected chi connectivity index (χ3v) is 3.47. The maximum atomic E-state index is 9.48. The second-order valence-electron chi connectivity index (χ2n) is 3.85. The SMILES string of the molecule is OCc1cc2c(Br)cccc2n1-c1ncccn1. The molecule has 0 fully saturated rings. The molecule has 0 bridgehead atoms. The number of aliphatic hydroxyl groups excluding tert-OH is 1. The monoisotopic (exact) mass is 303 g/mol. The zero-order chi connectivity index (χ0) is 12.5. The summed E-state index contributed by atoms with van der Waals surface area (Å²) in [6, 6.07) is 9.61. The van der Waals surface area contributed by atoms with E-state index in [0.717, 1.165) is 21.1 Å². The molecule has 1 N–H and O–H groups in total. The van der Waals surface area contributed by atoms with Crippen LogP contribution in [0.25, 0.3) is 16.9 Å². The third kappa shape index (κ3) is 1.72. The molecule has 18 heavy (non-hydrogen) atoms. The normalized spacial score (nSPS) is 11.0. The number of rotatable bonds is 2. The van der Waals surface area contributed by atoms with Crippen LogP contribution in [0, 0.1) is 0 Å². The minimum atomic E-state index is -0.0562. The Labute approximate surface area is 112 Å². The zero-order valence-electron chi connectivity index (χ0n) is 9.42. The fourth-order valence-electron chi connectivity index (χ4n) is 2.01. The van der Waals surface area contributed by atoms with Crippen molar-refractivity contribution in [2.24, 2.45) is 0 Å². The van der Waals surface area contributed by atoms with Gasteiger partial charge in [0.05, 0.1) is 17.8 Å². The van der Waals surface area contributed by atoms with Gasteiger partial charge in [-0.25, -0.2) is 9.97 Å². The van der Waals surface area contributed by atoms with E-state index in [0.29, 0.717) is 5.95 Å². The van der Waals surface area contributed by atoms with E-state index in [1.54, 1.807) is 18.5 Å². The van der Waals surface area contributed by atoms with Crippen LogP contribution >= 0.6 is 15.9 Å². The number of hydrogen-bond donors (Lipinski definition) is 1. The molecule has 0 amide bonds. The number of aliphatic hydroxyl groups is 1. The Balaban J connectivity index is 2.37. The molecule has 0 aliphatic carbocycles. The molecule has 0 saturated carbocycles. The lowest BCUT2D eigenvalue weighted by atomic mass is 10.2. The molecule has 0 spiro atoms. The number of halogens is 1. The number of hydrogen-bond acceptors (Lipinski definition) is 3. The van der Waals surface area contributed by atoms with Crippen LogP contribution in [0.1, 0.15) is 5.69 Å². The Morgan fingerprint density at radius 3 is 2.67 bits per heavy atom. The third-order valence-electron chi connectivity index (χ3n) is 2.78. The van der Waals surface area contributed by atoms with Crippen molar-refractivity contribution in [2.45, 2.75) is 6.61 Å². The first-order valence-electron chi connectivity index (χ1n) is 5.48. The second kappa shape index (κ2) is 4.51. The molecule has 0 aliphatic heterocycles.